The lowest BCUT2D eigenvalue weighted by Crippen LogP contribution is -2.36. The van der Waals surface area contributed by atoms with Crippen LogP contribution in [-0.2, 0) is 19.1 Å². The summed E-state index contributed by atoms with van der Waals surface area (Å²) in [6.07, 6.45) is 2.17. The van der Waals surface area contributed by atoms with Crippen molar-refractivity contribution in [2.45, 2.75) is 12.0 Å². The molecule has 1 fully saturated rings. The first-order chi connectivity index (χ1) is 21.4. The first kappa shape index (κ1) is 29.0. The molecule has 2 aliphatic heterocycles. The Labute approximate surface area is 254 Å². The monoisotopic (exact) mass is 604 g/mol. The topological polar surface area (TPSA) is 117 Å². The normalized spacial score (nSPS) is 21.2. The van der Waals surface area contributed by atoms with Gasteiger partial charge in [0.1, 0.15) is 6.10 Å². The van der Waals surface area contributed by atoms with E-state index in [1.807, 2.05) is 24.3 Å². The fourth-order valence-corrected chi connectivity index (χ4v) is 6.23. The van der Waals surface area contributed by atoms with Crippen LogP contribution in [-0.4, -0.2) is 60.9 Å². The number of carbonyl (C=O) groups is 2. The van der Waals surface area contributed by atoms with Crippen LogP contribution in [0.25, 0.3) is 6.08 Å². The van der Waals surface area contributed by atoms with E-state index in [9.17, 15) is 9.59 Å². The molecule has 3 aromatic rings. The molecule has 0 unspecified atom stereocenters. The minimum Gasteiger partial charge on any atom is -0.493 e. The van der Waals surface area contributed by atoms with Crippen molar-refractivity contribution < 1.29 is 52.2 Å². The van der Waals surface area contributed by atoms with Crippen LogP contribution in [0, 0.1) is 11.8 Å². The second kappa shape index (κ2) is 11.9. The van der Waals surface area contributed by atoms with Gasteiger partial charge in [-0.3, -0.25) is 4.79 Å². The van der Waals surface area contributed by atoms with Crippen LogP contribution in [0.15, 0.2) is 48.5 Å². The van der Waals surface area contributed by atoms with E-state index in [4.69, 9.17) is 42.6 Å². The van der Waals surface area contributed by atoms with Crippen molar-refractivity contribution in [3.8, 4) is 40.2 Å². The van der Waals surface area contributed by atoms with Crippen molar-refractivity contribution in [1.29, 1.82) is 0 Å². The van der Waals surface area contributed by atoms with Crippen LogP contribution in [0.2, 0.25) is 0 Å². The maximum atomic E-state index is 13.4. The van der Waals surface area contributed by atoms with Gasteiger partial charge >= 0.3 is 11.9 Å². The van der Waals surface area contributed by atoms with Crippen molar-refractivity contribution in [1.82, 2.24) is 0 Å². The van der Waals surface area contributed by atoms with Crippen molar-refractivity contribution in [3.05, 3.63) is 70.8 Å². The highest BCUT2D eigenvalue weighted by Gasteiger charge is 2.54. The number of fused-ring (bicyclic) bond motifs is 3. The molecule has 0 bridgehead atoms. The minimum atomic E-state index is -0.795. The number of rotatable bonds is 9. The lowest BCUT2D eigenvalue weighted by atomic mass is 9.66. The second-order valence-corrected chi connectivity index (χ2v) is 10.4. The first-order valence-electron chi connectivity index (χ1n) is 13.9. The van der Waals surface area contributed by atoms with Gasteiger partial charge < -0.3 is 42.6 Å². The molecule has 0 amide bonds. The Hall–Kier alpha value is -5.06. The largest absolute Gasteiger partial charge is 0.493 e. The van der Waals surface area contributed by atoms with Crippen molar-refractivity contribution >= 4 is 18.0 Å². The summed E-state index contributed by atoms with van der Waals surface area (Å²) in [5, 5.41) is 0. The highest BCUT2D eigenvalue weighted by Crippen LogP contribution is 2.56. The zero-order valence-electron chi connectivity index (χ0n) is 24.9. The Morgan fingerprint density at radius 3 is 2.07 bits per heavy atom. The highest BCUT2D eigenvalue weighted by molar-refractivity contribution is 5.88. The number of cyclic esters (lactones) is 1. The van der Waals surface area contributed by atoms with Crippen LogP contribution >= 0.6 is 0 Å². The van der Waals surface area contributed by atoms with E-state index in [-0.39, 0.29) is 19.4 Å². The molecular formula is C33H32O11. The number of hydrogen-bond donors (Lipinski definition) is 0. The Morgan fingerprint density at radius 2 is 1.43 bits per heavy atom. The standard InChI is InChI=1S/C33H32O11/c1-36-22-8-6-17(10-23(22)37-2)7-9-28(34)44-31-20-14-25-24(42-16-43-25)13-19(20)29(30-21(31)15-41-33(30)35)18-11-26(38-3)32(40-5)27(12-18)39-4/h6-14,21,29-31H,15-16H2,1-5H3/b9-7+/t21-,29+,30-,31+/m0/s1. The summed E-state index contributed by atoms with van der Waals surface area (Å²) in [5.74, 6) is 0.868. The van der Waals surface area contributed by atoms with Gasteiger partial charge in [0.2, 0.25) is 12.5 Å². The summed E-state index contributed by atoms with van der Waals surface area (Å²) in [5.41, 5.74) is 2.89. The molecule has 0 saturated carbocycles. The third-order valence-electron chi connectivity index (χ3n) is 8.23. The van der Waals surface area contributed by atoms with Crippen LogP contribution in [0.3, 0.4) is 0 Å². The maximum Gasteiger partial charge on any atom is 0.331 e. The molecule has 0 radical (unpaired) electrons. The maximum absolute atomic E-state index is 13.4. The smallest absolute Gasteiger partial charge is 0.331 e. The van der Waals surface area contributed by atoms with Gasteiger partial charge in [-0.25, -0.2) is 4.79 Å². The zero-order chi connectivity index (χ0) is 31.0. The van der Waals surface area contributed by atoms with E-state index < -0.39 is 29.8 Å². The average Bonchev–Trinajstić information content (AvgIpc) is 3.68. The van der Waals surface area contributed by atoms with Crippen LogP contribution in [0.5, 0.6) is 40.2 Å². The molecule has 230 valence electrons. The highest BCUT2D eigenvalue weighted by atomic mass is 16.7. The van der Waals surface area contributed by atoms with Crippen molar-refractivity contribution in [2.75, 3.05) is 48.9 Å². The molecule has 1 saturated heterocycles. The molecule has 3 aromatic carbocycles. The molecule has 4 atom stereocenters. The number of carbonyl (C=O) groups excluding carboxylic acids is 2. The third-order valence-corrected chi connectivity index (χ3v) is 8.23. The Bertz CT molecular complexity index is 1600. The average molecular weight is 605 g/mol. The Kier molecular flexibility index (Phi) is 7.86. The van der Waals surface area contributed by atoms with Gasteiger partial charge in [0.15, 0.2) is 34.5 Å². The van der Waals surface area contributed by atoms with Gasteiger partial charge in [-0.2, -0.15) is 0 Å². The van der Waals surface area contributed by atoms with Crippen LogP contribution in [0.1, 0.15) is 34.3 Å². The van der Waals surface area contributed by atoms with Gasteiger partial charge in [-0.1, -0.05) is 6.07 Å². The molecule has 44 heavy (non-hydrogen) atoms. The zero-order valence-corrected chi connectivity index (χ0v) is 24.9. The van der Waals surface area contributed by atoms with E-state index in [1.165, 1.54) is 27.4 Å². The first-order valence-corrected chi connectivity index (χ1v) is 13.9. The van der Waals surface area contributed by atoms with E-state index in [0.29, 0.717) is 51.4 Å². The third kappa shape index (κ3) is 4.97. The summed E-state index contributed by atoms with van der Waals surface area (Å²) in [6.45, 7) is 0.135. The summed E-state index contributed by atoms with van der Waals surface area (Å²) >= 11 is 0. The molecule has 0 N–H and O–H groups in total. The Balaban J connectivity index is 1.41. The van der Waals surface area contributed by atoms with Gasteiger partial charge in [-0.15, -0.1) is 0 Å². The summed E-state index contributed by atoms with van der Waals surface area (Å²) < 4.78 is 50.5. The number of ether oxygens (including phenoxy) is 9. The van der Waals surface area contributed by atoms with Crippen LogP contribution < -0.4 is 33.2 Å². The molecule has 11 nitrogen and oxygen atoms in total. The van der Waals surface area contributed by atoms with Crippen LogP contribution in [0.4, 0.5) is 0 Å². The molecule has 11 heteroatoms. The fourth-order valence-electron chi connectivity index (χ4n) is 6.23. The molecule has 0 aromatic heterocycles. The lowest BCUT2D eigenvalue weighted by molar-refractivity contribution is -0.148. The van der Waals surface area contributed by atoms with E-state index in [0.717, 1.165) is 11.1 Å². The molecule has 2 heterocycles. The number of hydrogen-bond acceptors (Lipinski definition) is 11. The number of esters is 2. The second-order valence-electron chi connectivity index (χ2n) is 10.4. The molecule has 6 rings (SSSR count). The quantitative estimate of drug-likeness (QED) is 0.250. The number of benzene rings is 3. The molecule has 3 aliphatic rings. The van der Waals surface area contributed by atoms with E-state index >= 15 is 0 Å². The Morgan fingerprint density at radius 1 is 0.773 bits per heavy atom. The van der Waals surface area contributed by atoms with Gasteiger partial charge in [0, 0.05) is 23.5 Å². The van der Waals surface area contributed by atoms with E-state index in [1.54, 1.807) is 38.5 Å². The lowest BCUT2D eigenvalue weighted by Gasteiger charge is -2.38. The van der Waals surface area contributed by atoms with Gasteiger partial charge in [0.25, 0.3) is 0 Å². The summed E-state index contributed by atoms with van der Waals surface area (Å²) in [7, 11) is 7.69. The molecule has 1 aliphatic carbocycles. The van der Waals surface area contributed by atoms with Gasteiger partial charge in [0.05, 0.1) is 48.1 Å². The van der Waals surface area contributed by atoms with Gasteiger partial charge in [-0.05, 0) is 59.2 Å². The molecule has 0 spiro atoms. The van der Waals surface area contributed by atoms with E-state index in [2.05, 4.69) is 0 Å². The minimum absolute atomic E-state index is 0.0560. The van der Waals surface area contributed by atoms with Crippen molar-refractivity contribution in [2.24, 2.45) is 11.8 Å². The SMILES string of the molecule is COc1ccc(/C=C/C(=O)O[C@@H]2c3cc4c(cc3[C@@H](c3cc(OC)c(OC)c(OC)c3)[C@H]3C(=O)OC[C@@H]32)OCO4)cc1OC. The molecular weight excluding hydrogens is 572 g/mol. The summed E-state index contributed by atoms with van der Waals surface area (Å²) in [4.78, 5) is 26.7. The number of methoxy groups -OCH3 is 5. The predicted molar refractivity (Wildman–Crippen MR) is 156 cm³/mol. The summed E-state index contributed by atoms with van der Waals surface area (Å²) in [6, 6.07) is 12.6. The predicted octanol–water partition coefficient (Wildman–Crippen LogP) is 4.69. The fraction of sp³-hybridized carbons (Fsp3) is 0.333. The van der Waals surface area contributed by atoms with Crippen molar-refractivity contribution in [3.63, 3.8) is 0 Å².